The summed E-state index contributed by atoms with van der Waals surface area (Å²) >= 11 is 7.46. The molecule has 0 saturated heterocycles. The Balaban J connectivity index is 1.72. The van der Waals surface area contributed by atoms with E-state index in [0.29, 0.717) is 16.0 Å². The van der Waals surface area contributed by atoms with Gasteiger partial charge in [-0.15, -0.1) is 0 Å². The molecule has 0 spiro atoms. The van der Waals surface area contributed by atoms with E-state index in [1.54, 1.807) is 47.3 Å². The molecule has 0 aliphatic heterocycles. The molecule has 0 N–H and O–H groups in total. The van der Waals surface area contributed by atoms with Crippen molar-refractivity contribution in [2.24, 2.45) is 0 Å². The lowest BCUT2D eigenvalue weighted by molar-refractivity contribution is -0.681. The van der Waals surface area contributed by atoms with Gasteiger partial charge in [0.05, 0.1) is 4.92 Å². The maximum Gasteiger partial charge on any atom is 0.283 e. The first-order chi connectivity index (χ1) is 14.5. The lowest BCUT2D eigenvalue weighted by atomic mass is 10.1. The van der Waals surface area contributed by atoms with Crippen LogP contribution in [-0.2, 0) is 6.54 Å². The van der Waals surface area contributed by atoms with Crippen molar-refractivity contribution in [3.63, 3.8) is 0 Å². The zero-order chi connectivity index (χ0) is 21.1. The second-order valence-electron chi connectivity index (χ2n) is 6.63. The van der Waals surface area contributed by atoms with Crippen molar-refractivity contribution in [2.45, 2.75) is 16.3 Å². The monoisotopic (exact) mass is 435 g/mol. The van der Waals surface area contributed by atoms with E-state index >= 15 is 0 Å². The van der Waals surface area contributed by atoms with Gasteiger partial charge in [0.25, 0.3) is 5.69 Å². The summed E-state index contributed by atoms with van der Waals surface area (Å²) in [5.74, 6) is -0.0608. The van der Waals surface area contributed by atoms with Crippen LogP contribution in [0.25, 0.3) is 10.8 Å². The van der Waals surface area contributed by atoms with Gasteiger partial charge in [-0.25, -0.2) is 0 Å². The molecular weight excluding hydrogens is 420 g/mol. The summed E-state index contributed by atoms with van der Waals surface area (Å²) in [5, 5.41) is 13.5. The van der Waals surface area contributed by atoms with Gasteiger partial charge < -0.3 is 0 Å². The van der Waals surface area contributed by atoms with E-state index in [1.165, 1.54) is 17.8 Å². The van der Waals surface area contributed by atoms with E-state index in [1.807, 2.05) is 36.4 Å². The minimum atomic E-state index is -0.400. The zero-order valence-electron chi connectivity index (χ0n) is 15.7. The van der Waals surface area contributed by atoms with Crippen molar-refractivity contribution >= 4 is 45.6 Å². The fraction of sp³-hybridized carbons (Fsp3) is 0.0435. The Hall–Kier alpha value is -3.22. The van der Waals surface area contributed by atoms with E-state index in [9.17, 15) is 14.9 Å². The van der Waals surface area contributed by atoms with E-state index in [4.69, 9.17) is 11.6 Å². The van der Waals surface area contributed by atoms with Crippen molar-refractivity contribution in [1.82, 2.24) is 0 Å². The van der Waals surface area contributed by atoms with Crippen LogP contribution in [0.5, 0.6) is 0 Å². The van der Waals surface area contributed by atoms with Crippen LogP contribution in [0.15, 0.2) is 95.0 Å². The molecule has 0 bridgehead atoms. The summed E-state index contributed by atoms with van der Waals surface area (Å²) in [5.41, 5.74) is 0.610. The number of aromatic nitrogens is 1. The van der Waals surface area contributed by atoms with Gasteiger partial charge in [0.2, 0.25) is 12.3 Å². The largest absolute Gasteiger partial charge is 0.287 e. The van der Waals surface area contributed by atoms with Gasteiger partial charge in [0.1, 0.15) is 5.39 Å². The number of nitrogens with zero attached hydrogens (tertiary/aromatic N) is 2. The molecule has 148 valence electrons. The lowest BCUT2D eigenvalue weighted by Gasteiger charge is -2.07. The molecule has 0 aliphatic rings. The second kappa shape index (κ2) is 8.65. The van der Waals surface area contributed by atoms with Crippen LogP contribution < -0.4 is 4.57 Å². The topological polar surface area (TPSA) is 64.1 Å². The number of benzene rings is 3. The number of ketones is 1. The number of rotatable bonds is 6. The third kappa shape index (κ3) is 4.35. The molecule has 3 aromatic carbocycles. The fourth-order valence-electron chi connectivity index (χ4n) is 3.15. The minimum Gasteiger partial charge on any atom is -0.287 e. The first kappa shape index (κ1) is 20.1. The molecule has 30 heavy (non-hydrogen) atoms. The number of non-ortho nitro benzene ring substituents is 1. The number of carbonyl (C=O) groups is 1. The van der Waals surface area contributed by atoms with Crippen molar-refractivity contribution < 1.29 is 14.3 Å². The highest BCUT2D eigenvalue weighted by Crippen LogP contribution is 2.37. The normalized spacial score (nSPS) is 10.8. The quantitative estimate of drug-likeness (QED) is 0.168. The van der Waals surface area contributed by atoms with E-state index in [-0.39, 0.29) is 18.0 Å². The minimum absolute atomic E-state index is 0.00645. The maximum absolute atomic E-state index is 12.5. The van der Waals surface area contributed by atoms with E-state index < -0.39 is 4.92 Å². The summed E-state index contributed by atoms with van der Waals surface area (Å²) in [6, 6.07) is 21.5. The number of nitro groups is 1. The number of carbonyl (C=O) groups excluding carboxylic acids is 1. The van der Waals surface area contributed by atoms with Gasteiger partial charge in [-0.1, -0.05) is 53.7 Å². The lowest BCUT2D eigenvalue weighted by Crippen LogP contribution is -2.37. The van der Waals surface area contributed by atoms with Crippen LogP contribution in [0.4, 0.5) is 5.69 Å². The fourth-order valence-corrected chi connectivity index (χ4v) is 4.23. The number of nitro benzene ring substituents is 1. The van der Waals surface area contributed by atoms with Crippen molar-refractivity contribution in [1.29, 1.82) is 0 Å². The molecular formula is C23H16ClN2O3S+. The number of pyridine rings is 1. The Kier molecular flexibility index (Phi) is 5.79. The SMILES string of the molecule is O=C(C[n+]1ccc2c(Sc3ccc(Cl)cc3)ccc([N+](=O)[O-])c2c1)c1ccccc1. The van der Waals surface area contributed by atoms with Crippen LogP contribution in [0.2, 0.25) is 5.02 Å². The highest BCUT2D eigenvalue weighted by atomic mass is 35.5. The Labute approximate surface area is 182 Å². The highest BCUT2D eigenvalue weighted by molar-refractivity contribution is 7.99. The van der Waals surface area contributed by atoms with Gasteiger partial charge >= 0.3 is 0 Å². The number of hydrogen-bond acceptors (Lipinski definition) is 4. The highest BCUT2D eigenvalue weighted by Gasteiger charge is 2.20. The van der Waals surface area contributed by atoms with Crippen molar-refractivity contribution in [2.75, 3.05) is 0 Å². The van der Waals surface area contributed by atoms with Gasteiger partial charge in [-0.2, -0.15) is 4.57 Å². The molecule has 0 atom stereocenters. The standard InChI is InChI=1S/C23H16ClN2O3S/c24-17-6-8-18(9-7-17)30-23-11-10-21(26(28)29)20-14-25(13-12-19(20)23)15-22(27)16-4-2-1-3-5-16/h1-14H,15H2/q+1. The number of Topliss-reactive ketones (excluding diaryl/α,β-unsaturated/α-hetero) is 1. The predicted octanol–water partition coefficient (Wildman–Crippen LogP) is 5.72. The average molecular weight is 436 g/mol. The molecule has 7 heteroatoms. The molecule has 0 unspecified atom stereocenters. The molecule has 5 nitrogen and oxygen atoms in total. The molecule has 4 aromatic rings. The van der Waals surface area contributed by atoms with Gasteiger partial charge in [-0.05, 0) is 30.3 Å². The first-order valence-electron chi connectivity index (χ1n) is 9.13. The smallest absolute Gasteiger partial charge is 0.283 e. The summed E-state index contributed by atoms with van der Waals surface area (Å²) < 4.78 is 1.68. The third-order valence-corrected chi connectivity index (χ3v) is 5.95. The summed E-state index contributed by atoms with van der Waals surface area (Å²) in [4.78, 5) is 25.6. The summed E-state index contributed by atoms with van der Waals surface area (Å²) in [7, 11) is 0. The Morgan fingerprint density at radius 2 is 1.70 bits per heavy atom. The van der Waals surface area contributed by atoms with Crippen LogP contribution >= 0.6 is 23.4 Å². The van der Waals surface area contributed by atoms with Crippen LogP contribution in [0.3, 0.4) is 0 Å². The first-order valence-corrected chi connectivity index (χ1v) is 10.3. The summed E-state index contributed by atoms with van der Waals surface area (Å²) in [6.07, 6.45) is 3.44. The molecule has 0 amide bonds. The van der Waals surface area contributed by atoms with Crippen molar-refractivity contribution in [3.05, 3.63) is 106 Å². The second-order valence-corrected chi connectivity index (χ2v) is 8.18. The van der Waals surface area contributed by atoms with E-state index in [2.05, 4.69) is 0 Å². The molecule has 0 saturated carbocycles. The molecule has 4 rings (SSSR count). The number of halogens is 1. The number of hydrogen-bond donors (Lipinski definition) is 0. The Morgan fingerprint density at radius 3 is 2.40 bits per heavy atom. The summed E-state index contributed by atoms with van der Waals surface area (Å²) in [6.45, 7) is 0.103. The van der Waals surface area contributed by atoms with Crippen LogP contribution in [0, 0.1) is 10.1 Å². The molecule has 0 aliphatic carbocycles. The van der Waals surface area contributed by atoms with Crippen LogP contribution in [0.1, 0.15) is 10.4 Å². The average Bonchev–Trinajstić information content (AvgIpc) is 2.75. The number of fused-ring (bicyclic) bond motifs is 1. The van der Waals surface area contributed by atoms with Crippen LogP contribution in [-0.4, -0.2) is 10.7 Å². The maximum atomic E-state index is 12.5. The molecule has 0 radical (unpaired) electrons. The molecule has 1 heterocycles. The zero-order valence-corrected chi connectivity index (χ0v) is 17.3. The third-order valence-electron chi connectivity index (χ3n) is 4.61. The van der Waals surface area contributed by atoms with E-state index in [0.717, 1.165) is 15.2 Å². The van der Waals surface area contributed by atoms with Crippen molar-refractivity contribution in [3.8, 4) is 0 Å². The van der Waals surface area contributed by atoms with Gasteiger partial charge in [0, 0.05) is 37.9 Å². The van der Waals surface area contributed by atoms with Gasteiger partial charge in [0.15, 0.2) is 12.4 Å². The van der Waals surface area contributed by atoms with Gasteiger partial charge in [-0.3, -0.25) is 14.9 Å². The predicted molar refractivity (Wildman–Crippen MR) is 117 cm³/mol. The molecule has 0 fully saturated rings. The Bertz CT molecular complexity index is 1240. The molecule has 1 aromatic heterocycles. The Morgan fingerprint density at radius 1 is 0.967 bits per heavy atom.